The van der Waals surface area contributed by atoms with Gasteiger partial charge in [-0.25, -0.2) is 0 Å². The van der Waals surface area contributed by atoms with Gasteiger partial charge in [-0.2, -0.15) is 0 Å². The number of phenols is 1. The van der Waals surface area contributed by atoms with Gasteiger partial charge in [0.25, 0.3) is 0 Å². The summed E-state index contributed by atoms with van der Waals surface area (Å²) in [5.41, 5.74) is 2.70. The second kappa shape index (κ2) is 4.60. The smallest absolute Gasteiger partial charge is 0.155 e. The lowest BCUT2D eigenvalue weighted by Gasteiger charge is -2.33. The van der Waals surface area contributed by atoms with Crippen LogP contribution >= 0.6 is 0 Å². The van der Waals surface area contributed by atoms with Crippen molar-refractivity contribution in [2.24, 2.45) is 5.92 Å². The van der Waals surface area contributed by atoms with Gasteiger partial charge in [0.2, 0.25) is 0 Å². The van der Waals surface area contributed by atoms with E-state index in [1.165, 1.54) is 11.1 Å². The molecule has 2 atom stereocenters. The molecule has 2 nitrogen and oxygen atoms in total. The second-order valence-corrected chi connectivity index (χ2v) is 5.48. The Bertz CT molecular complexity index is 484. The van der Waals surface area contributed by atoms with Gasteiger partial charge in [0.05, 0.1) is 0 Å². The number of rotatable bonds is 1. The average molecular weight is 242 g/mol. The molecule has 1 aromatic rings. The Balaban J connectivity index is 1.77. The summed E-state index contributed by atoms with van der Waals surface area (Å²) in [6.07, 6.45) is 6.98. The molecule has 1 saturated carbocycles. The molecule has 0 saturated heterocycles. The Morgan fingerprint density at radius 1 is 1.00 bits per heavy atom. The molecule has 1 aromatic carbocycles. The zero-order chi connectivity index (χ0) is 12.5. The van der Waals surface area contributed by atoms with Gasteiger partial charge < -0.3 is 5.11 Å². The number of carbonyl (C=O) groups excluding carboxylic acids is 1. The first-order chi connectivity index (χ1) is 8.72. The first-order valence-electron chi connectivity index (χ1n) is 6.74. The number of hydrogen-bond donors (Lipinski definition) is 1. The van der Waals surface area contributed by atoms with Crippen LogP contribution in [0.1, 0.15) is 43.6 Å². The maximum Gasteiger partial charge on any atom is 0.155 e. The average Bonchev–Trinajstić information content (AvgIpc) is 2.39. The van der Waals surface area contributed by atoms with Crippen molar-refractivity contribution in [3.05, 3.63) is 41.5 Å². The zero-order valence-electron chi connectivity index (χ0n) is 10.4. The molecule has 94 valence electrons. The summed E-state index contributed by atoms with van der Waals surface area (Å²) in [6.45, 7) is 0. The largest absolute Gasteiger partial charge is 0.508 e. The Labute approximate surface area is 107 Å². The van der Waals surface area contributed by atoms with Gasteiger partial charge in [0, 0.05) is 6.42 Å². The normalized spacial score (nSPS) is 27.6. The topological polar surface area (TPSA) is 37.3 Å². The number of fused-ring (bicyclic) bond motifs is 1. The van der Waals surface area contributed by atoms with Gasteiger partial charge in [-0.3, -0.25) is 4.79 Å². The molecule has 0 spiro atoms. The number of benzene rings is 1. The van der Waals surface area contributed by atoms with E-state index in [2.05, 4.69) is 0 Å². The van der Waals surface area contributed by atoms with Crippen LogP contribution in [0.4, 0.5) is 0 Å². The quantitative estimate of drug-likeness (QED) is 0.817. The predicted molar refractivity (Wildman–Crippen MR) is 70.5 cm³/mol. The monoisotopic (exact) mass is 242 g/mol. The van der Waals surface area contributed by atoms with Gasteiger partial charge in [-0.15, -0.1) is 0 Å². The number of hydrogen-bond acceptors (Lipinski definition) is 2. The summed E-state index contributed by atoms with van der Waals surface area (Å²) in [5, 5.41) is 9.33. The summed E-state index contributed by atoms with van der Waals surface area (Å²) in [4.78, 5) is 11.4. The number of allylic oxidation sites excluding steroid dienone is 2. The molecule has 0 heterocycles. The molecule has 0 aromatic heterocycles. The van der Waals surface area contributed by atoms with Crippen LogP contribution < -0.4 is 0 Å². The first kappa shape index (κ1) is 11.5. The molecule has 2 aliphatic carbocycles. The van der Waals surface area contributed by atoms with E-state index in [0.717, 1.165) is 32.1 Å². The van der Waals surface area contributed by atoms with Crippen LogP contribution in [0.15, 0.2) is 35.9 Å². The lowest BCUT2D eigenvalue weighted by Crippen LogP contribution is -2.21. The van der Waals surface area contributed by atoms with Gasteiger partial charge in [0.1, 0.15) is 5.75 Å². The number of carbonyl (C=O) groups is 1. The fraction of sp³-hybridized carbons (Fsp3) is 0.438. The molecule has 18 heavy (non-hydrogen) atoms. The Morgan fingerprint density at radius 3 is 2.50 bits per heavy atom. The minimum Gasteiger partial charge on any atom is -0.508 e. The maximum atomic E-state index is 11.4. The molecule has 2 aliphatic rings. The fourth-order valence-electron chi connectivity index (χ4n) is 3.30. The SMILES string of the molecule is O=C1C=C2CCC(c3ccc(O)cc3)CC2CC1. The van der Waals surface area contributed by atoms with Gasteiger partial charge in [0.15, 0.2) is 5.78 Å². The van der Waals surface area contributed by atoms with Gasteiger partial charge >= 0.3 is 0 Å². The lowest BCUT2D eigenvalue weighted by atomic mass is 9.71. The van der Waals surface area contributed by atoms with Crippen molar-refractivity contribution in [1.82, 2.24) is 0 Å². The van der Waals surface area contributed by atoms with Crippen LogP contribution in [0.3, 0.4) is 0 Å². The molecule has 0 aliphatic heterocycles. The summed E-state index contributed by atoms with van der Waals surface area (Å²) in [5.74, 6) is 1.83. The van der Waals surface area contributed by atoms with Crippen molar-refractivity contribution >= 4 is 5.78 Å². The van der Waals surface area contributed by atoms with E-state index in [0.29, 0.717) is 23.4 Å². The third kappa shape index (κ3) is 2.20. The highest BCUT2D eigenvalue weighted by molar-refractivity contribution is 5.91. The van der Waals surface area contributed by atoms with Crippen LogP contribution in [0, 0.1) is 5.92 Å². The lowest BCUT2D eigenvalue weighted by molar-refractivity contribution is -0.115. The van der Waals surface area contributed by atoms with Crippen molar-refractivity contribution in [3.8, 4) is 5.75 Å². The summed E-state index contributed by atoms with van der Waals surface area (Å²) >= 11 is 0. The minimum atomic E-state index is 0.310. The molecule has 0 bridgehead atoms. The third-order valence-corrected chi connectivity index (χ3v) is 4.32. The molecule has 2 unspecified atom stereocenters. The van der Waals surface area contributed by atoms with Crippen LogP contribution in [-0.4, -0.2) is 10.9 Å². The molecule has 3 rings (SSSR count). The minimum absolute atomic E-state index is 0.310. The summed E-state index contributed by atoms with van der Waals surface area (Å²) in [6, 6.07) is 7.60. The molecule has 2 heteroatoms. The molecular formula is C16H18O2. The van der Waals surface area contributed by atoms with Crippen LogP contribution in [0.2, 0.25) is 0 Å². The first-order valence-corrected chi connectivity index (χ1v) is 6.74. The van der Waals surface area contributed by atoms with Crippen LogP contribution in [0.25, 0.3) is 0 Å². The number of aromatic hydroxyl groups is 1. The summed E-state index contributed by atoms with van der Waals surface area (Å²) < 4.78 is 0. The van der Waals surface area contributed by atoms with Gasteiger partial charge in [-0.05, 0) is 61.3 Å². The van der Waals surface area contributed by atoms with Crippen LogP contribution in [-0.2, 0) is 4.79 Å². The summed E-state index contributed by atoms with van der Waals surface area (Å²) in [7, 11) is 0. The van der Waals surface area contributed by atoms with Crippen LogP contribution in [0.5, 0.6) is 5.75 Å². The van der Waals surface area contributed by atoms with E-state index in [1.54, 1.807) is 12.1 Å². The highest BCUT2D eigenvalue weighted by atomic mass is 16.3. The highest BCUT2D eigenvalue weighted by Gasteiger charge is 2.29. The van der Waals surface area contributed by atoms with Crippen molar-refractivity contribution in [2.45, 2.75) is 38.0 Å². The van der Waals surface area contributed by atoms with E-state index in [1.807, 2.05) is 18.2 Å². The fourth-order valence-corrected chi connectivity index (χ4v) is 3.30. The van der Waals surface area contributed by atoms with Crippen molar-refractivity contribution in [2.75, 3.05) is 0 Å². The maximum absolute atomic E-state index is 11.4. The second-order valence-electron chi connectivity index (χ2n) is 5.48. The van der Waals surface area contributed by atoms with E-state index < -0.39 is 0 Å². The molecule has 0 amide bonds. The Kier molecular flexibility index (Phi) is 2.94. The van der Waals surface area contributed by atoms with Crippen molar-refractivity contribution < 1.29 is 9.90 Å². The molecule has 0 radical (unpaired) electrons. The molecular weight excluding hydrogens is 224 g/mol. The standard InChI is InChI=1S/C16H18O2/c17-15-6-3-11(4-7-15)12-1-2-14-10-16(18)8-5-13(14)9-12/h3-4,6-7,10,12-13,17H,1-2,5,8-9H2. The Morgan fingerprint density at radius 2 is 1.72 bits per heavy atom. The number of phenolic OH excluding ortho intramolecular Hbond substituents is 1. The molecule has 1 fully saturated rings. The van der Waals surface area contributed by atoms with Crippen molar-refractivity contribution in [1.29, 1.82) is 0 Å². The van der Waals surface area contributed by atoms with E-state index in [4.69, 9.17) is 0 Å². The zero-order valence-corrected chi connectivity index (χ0v) is 10.4. The van der Waals surface area contributed by atoms with Crippen molar-refractivity contribution in [3.63, 3.8) is 0 Å². The Hall–Kier alpha value is -1.57. The highest BCUT2D eigenvalue weighted by Crippen LogP contribution is 2.43. The number of ketones is 1. The van der Waals surface area contributed by atoms with E-state index in [-0.39, 0.29) is 0 Å². The van der Waals surface area contributed by atoms with E-state index >= 15 is 0 Å². The molecule has 1 N–H and O–H groups in total. The third-order valence-electron chi connectivity index (χ3n) is 4.32. The van der Waals surface area contributed by atoms with E-state index in [9.17, 15) is 9.90 Å². The van der Waals surface area contributed by atoms with Gasteiger partial charge in [-0.1, -0.05) is 17.7 Å². The predicted octanol–water partition coefficient (Wildman–Crippen LogP) is 3.57.